The molecule has 0 fully saturated rings. The minimum absolute atomic E-state index is 0.307. The summed E-state index contributed by atoms with van der Waals surface area (Å²) in [5.74, 6) is 1.11. The van der Waals surface area contributed by atoms with Gasteiger partial charge in [-0.05, 0) is 75.3 Å². The Hall–Kier alpha value is -1.77. The third-order valence-electron chi connectivity index (χ3n) is 4.76. The Labute approximate surface area is 140 Å². The lowest BCUT2D eigenvalue weighted by Gasteiger charge is -2.19. The van der Waals surface area contributed by atoms with Crippen LogP contribution in [0.3, 0.4) is 0 Å². The minimum atomic E-state index is 0.307. The molecule has 0 radical (unpaired) electrons. The van der Waals surface area contributed by atoms with Gasteiger partial charge in [0.1, 0.15) is 0 Å². The predicted molar refractivity (Wildman–Crippen MR) is 97.6 cm³/mol. The molecule has 0 aliphatic rings. The maximum atomic E-state index is 5.68. The maximum Gasteiger partial charge on any atom is 0.240 e. The van der Waals surface area contributed by atoms with Crippen molar-refractivity contribution in [3.63, 3.8) is 0 Å². The van der Waals surface area contributed by atoms with Crippen molar-refractivity contribution in [3.05, 3.63) is 34.0 Å². The molecule has 2 aromatic rings. The second kappa shape index (κ2) is 6.38. The van der Waals surface area contributed by atoms with E-state index in [0.717, 1.165) is 11.4 Å². The van der Waals surface area contributed by atoms with Crippen molar-refractivity contribution in [2.24, 2.45) is 0 Å². The van der Waals surface area contributed by atoms with Crippen LogP contribution in [-0.2, 0) is 0 Å². The SMILES string of the molecule is COc1nn(C(C)C)c(C(C)C)c1-c1c(C)c(C)cc(C)c1C. The lowest BCUT2D eigenvalue weighted by atomic mass is 9.88. The number of benzene rings is 1. The summed E-state index contributed by atoms with van der Waals surface area (Å²) < 4.78 is 7.80. The molecule has 0 aliphatic carbocycles. The van der Waals surface area contributed by atoms with Crippen molar-refractivity contribution >= 4 is 0 Å². The molecule has 0 atom stereocenters. The molecule has 0 N–H and O–H groups in total. The number of ether oxygens (including phenoxy) is 1. The minimum Gasteiger partial charge on any atom is -0.479 e. The van der Waals surface area contributed by atoms with Crippen molar-refractivity contribution in [1.29, 1.82) is 0 Å². The topological polar surface area (TPSA) is 27.1 Å². The number of methoxy groups -OCH3 is 1. The fourth-order valence-corrected chi connectivity index (χ4v) is 3.34. The van der Waals surface area contributed by atoms with Crippen LogP contribution in [0.5, 0.6) is 5.88 Å². The van der Waals surface area contributed by atoms with E-state index < -0.39 is 0 Å². The van der Waals surface area contributed by atoms with Crippen molar-refractivity contribution in [1.82, 2.24) is 9.78 Å². The highest BCUT2D eigenvalue weighted by atomic mass is 16.5. The van der Waals surface area contributed by atoms with Gasteiger partial charge in [-0.15, -0.1) is 5.10 Å². The van der Waals surface area contributed by atoms with E-state index in [-0.39, 0.29) is 0 Å². The van der Waals surface area contributed by atoms with Gasteiger partial charge in [-0.3, -0.25) is 4.68 Å². The van der Waals surface area contributed by atoms with Crippen LogP contribution in [0.15, 0.2) is 6.07 Å². The van der Waals surface area contributed by atoms with Gasteiger partial charge in [0.15, 0.2) is 0 Å². The van der Waals surface area contributed by atoms with Crippen LogP contribution < -0.4 is 4.74 Å². The summed E-state index contributed by atoms with van der Waals surface area (Å²) in [7, 11) is 1.72. The van der Waals surface area contributed by atoms with Gasteiger partial charge in [0, 0.05) is 6.04 Å². The number of aryl methyl sites for hydroxylation is 2. The number of rotatable bonds is 4. The van der Waals surface area contributed by atoms with Crippen LogP contribution in [0.2, 0.25) is 0 Å². The van der Waals surface area contributed by atoms with E-state index in [0.29, 0.717) is 12.0 Å². The van der Waals surface area contributed by atoms with Gasteiger partial charge in [-0.25, -0.2) is 0 Å². The van der Waals surface area contributed by atoms with Crippen molar-refractivity contribution in [3.8, 4) is 17.0 Å². The lowest BCUT2D eigenvalue weighted by Crippen LogP contribution is -2.09. The summed E-state index contributed by atoms with van der Waals surface area (Å²) >= 11 is 0. The van der Waals surface area contributed by atoms with E-state index in [4.69, 9.17) is 9.84 Å². The monoisotopic (exact) mass is 314 g/mol. The first-order chi connectivity index (χ1) is 10.7. The largest absolute Gasteiger partial charge is 0.479 e. The Morgan fingerprint density at radius 2 is 1.43 bits per heavy atom. The van der Waals surface area contributed by atoms with Crippen LogP contribution in [0.25, 0.3) is 11.1 Å². The molecule has 126 valence electrons. The van der Waals surface area contributed by atoms with Gasteiger partial charge >= 0.3 is 0 Å². The third-order valence-corrected chi connectivity index (χ3v) is 4.76. The average Bonchev–Trinajstić information content (AvgIpc) is 2.85. The van der Waals surface area contributed by atoms with E-state index in [1.165, 1.54) is 33.5 Å². The van der Waals surface area contributed by atoms with Gasteiger partial charge < -0.3 is 4.74 Å². The summed E-state index contributed by atoms with van der Waals surface area (Å²) in [5.41, 5.74) is 8.98. The zero-order valence-electron chi connectivity index (χ0n) is 16.0. The predicted octanol–water partition coefficient (Wildman–Crippen LogP) is 5.50. The molecule has 1 aromatic carbocycles. The molecule has 0 aliphatic heterocycles. The molecule has 0 saturated heterocycles. The number of nitrogens with zero attached hydrogens (tertiary/aromatic N) is 2. The van der Waals surface area contributed by atoms with E-state index in [1.807, 2.05) is 0 Å². The summed E-state index contributed by atoms with van der Waals surface area (Å²) in [6, 6.07) is 2.57. The molecule has 3 nitrogen and oxygen atoms in total. The normalized spacial score (nSPS) is 11.6. The maximum absolute atomic E-state index is 5.68. The molecule has 23 heavy (non-hydrogen) atoms. The van der Waals surface area contributed by atoms with E-state index in [2.05, 4.69) is 66.1 Å². The van der Waals surface area contributed by atoms with E-state index in [9.17, 15) is 0 Å². The quantitative estimate of drug-likeness (QED) is 0.745. The van der Waals surface area contributed by atoms with Crippen molar-refractivity contribution in [2.45, 2.75) is 67.3 Å². The zero-order valence-corrected chi connectivity index (χ0v) is 16.0. The van der Waals surface area contributed by atoms with Gasteiger partial charge in [0.25, 0.3) is 0 Å². The first-order valence-corrected chi connectivity index (χ1v) is 8.44. The first-order valence-electron chi connectivity index (χ1n) is 8.44. The van der Waals surface area contributed by atoms with Gasteiger partial charge in [-0.2, -0.15) is 0 Å². The second-order valence-electron chi connectivity index (χ2n) is 7.10. The van der Waals surface area contributed by atoms with Crippen LogP contribution >= 0.6 is 0 Å². The molecule has 1 aromatic heterocycles. The second-order valence-corrected chi connectivity index (χ2v) is 7.10. The van der Waals surface area contributed by atoms with E-state index >= 15 is 0 Å². The molecule has 1 heterocycles. The number of hydrogen-bond acceptors (Lipinski definition) is 2. The standard InChI is InChI=1S/C20H30N2O/c1-11(2)19-18(20(23-9)21-22(19)12(3)4)17-15(7)13(5)10-14(6)16(17)8/h10-12H,1-9H3. The summed E-state index contributed by atoms with van der Waals surface area (Å²) in [5, 5.41) is 4.76. The Kier molecular flexibility index (Phi) is 4.88. The van der Waals surface area contributed by atoms with Crippen LogP contribution in [0.4, 0.5) is 0 Å². The van der Waals surface area contributed by atoms with Crippen molar-refractivity contribution in [2.75, 3.05) is 7.11 Å². The van der Waals surface area contributed by atoms with E-state index in [1.54, 1.807) is 7.11 Å². The highest BCUT2D eigenvalue weighted by Crippen LogP contribution is 2.42. The molecule has 0 bridgehead atoms. The van der Waals surface area contributed by atoms with Crippen molar-refractivity contribution < 1.29 is 4.74 Å². The summed E-state index contributed by atoms with van der Waals surface area (Å²) in [6.07, 6.45) is 0. The highest BCUT2D eigenvalue weighted by molar-refractivity contribution is 5.79. The fourth-order valence-electron chi connectivity index (χ4n) is 3.34. The Morgan fingerprint density at radius 1 is 0.913 bits per heavy atom. The van der Waals surface area contributed by atoms with Crippen LogP contribution in [-0.4, -0.2) is 16.9 Å². The highest BCUT2D eigenvalue weighted by Gasteiger charge is 2.26. The third kappa shape index (κ3) is 2.89. The Balaban J connectivity index is 2.94. The van der Waals surface area contributed by atoms with Crippen LogP contribution in [0, 0.1) is 27.7 Å². The molecule has 0 amide bonds. The molecule has 0 saturated carbocycles. The Bertz CT molecular complexity index is 698. The lowest BCUT2D eigenvalue weighted by molar-refractivity contribution is 0.382. The average molecular weight is 314 g/mol. The smallest absolute Gasteiger partial charge is 0.240 e. The molecule has 0 spiro atoms. The number of aromatic nitrogens is 2. The Morgan fingerprint density at radius 3 is 1.83 bits per heavy atom. The summed E-state index contributed by atoms with van der Waals surface area (Å²) in [6.45, 7) is 17.6. The van der Waals surface area contributed by atoms with Crippen LogP contribution in [0.1, 0.15) is 67.6 Å². The van der Waals surface area contributed by atoms with Gasteiger partial charge in [-0.1, -0.05) is 19.9 Å². The fraction of sp³-hybridized carbons (Fsp3) is 0.550. The first kappa shape index (κ1) is 17.6. The molecule has 3 heteroatoms. The van der Waals surface area contributed by atoms with Gasteiger partial charge in [0.05, 0.1) is 18.4 Å². The van der Waals surface area contributed by atoms with Gasteiger partial charge in [0.2, 0.25) is 5.88 Å². The zero-order chi connectivity index (χ0) is 17.5. The molecular formula is C20H30N2O. The molecule has 0 unspecified atom stereocenters. The molecular weight excluding hydrogens is 284 g/mol. The number of hydrogen-bond donors (Lipinski definition) is 0. The molecule has 2 rings (SSSR count). The summed E-state index contributed by atoms with van der Waals surface area (Å²) in [4.78, 5) is 0.